The molecule has 96 valence electrons. The summed E-state index contributed by atoms with van der Waals surface area (Å²) in [5, 5.41) is 17.2. The van der Waals surface area contributed by atoms with Gasteiger partial charge in [0.25, 0.3) is 0 Å². The molecule has 1 heterocycles. The normalized spacial score (nSPS) is 19.5. The molecule has 0 bridgehead atoms. The predicted molar refractivity (Wildman–Crippen MR) is 64.9 cm³/mol. The van der Waals surface area contributed by atoms with Gasteiger partial charge in [-0.3, -0.25) is 0 Å². The van der Waals surface area contributed by atoms with Crippen molar-refractivity contribution in [3.05, 3.63) is 5.82 Å². The fraction of sp³-hybridized carbons (Fsp3) is 0.833. The monoisotopic (exact) mass is 239 g/mol. The summed E-state index contributed by atoms with van der Waals surface area (Å²) in [6.07, 6.45) is 5.12. The van der Waals surface area contributed by atoms with Gasteiger partial charge in [-0.2, -0.15) is 4.98 Å². The van der Waals surface area contributed by atoms with Crippen molar-refractivity contribution in [2.24, 2.45) is 0 Å². The largest absolute Gasteiger partial charge is 0.388 e. The Morgan fingerprint density at radius 2 is 2.06 bits per heavy atom. The van der Waals surface area contributed by atoms with Crippen LogP contribution in [0.25, 0.3) is 0 Å². The van der Waals surface area contributed by atoms with Gasteiger partial charge in [0.1, 0.15) is 0 Å². The molecule has 1 fully saturated rings. The van der Waals surface area contributed by atoms with E-state index < -0.39 is 5.60 Å². The minimum absolute atomic E-state index is 0.257. The molecule has 1 aliphatic rings. The molecule has 0 spiro atoms. The molecule has 5 heteroatoms. The van der Waals surface area contributed by atoms with Crippen LogP contribution in [0.3, 0.4) is 0 Å². The highest BCUT2D eigenvalue weighted by atomic mass is 16.5. The van der Waals surface area contributed by atoms with Gasteiger partial charge in [-0.25, -0.2) is 0 Å². The van der Waals surface area contributed by atoms with E-state index >= 15 is 0 Å². The SMILES string of the molecule is CC(C)c1noc(NCC2(O)CCCCC2)n1. The predicted octanol–water partition coefficient (Wildman–Crippen LogP) is 2.30. The van der Waals surface area contributed by atoms with E-state index in [1.54, 1.807) is 0 Å². The van der Waals surface area contributed by atoms with E-state index in [1.807, 2.05) is 13.8 Å². The van der Waals surface area contributed by atoms with Crippen molar-refractivity contribution in [2.75, 3.05) is 11.9 Å². The zero-order valence-corrected chi connectivity index (χ0v) is 10.6. The van der Waals surface area contributed by atoms with Gasteiger partial charge in [0.15, 0.2) is 5.82 Å². The van der Waals surface area contributed by atoms with Gasteiger partial charge in [0.05, 0.1) is 5.60 Å². The zero-order chi connectivity index (χ0) is 12.3. The van der Waals surface area contributed by atoms with Crippen LogP contribution < -0.4 is 5.32 Å². The number of nitrogens with one attached hydrogen (secondary N) is 1. The maximum absolute atomic E-state index is 10.3. The smallest absolute Gasteiger partial charge is 0.321 e. The van der Waals surface area contributed by atoms with Crippen LogP contribution in [0.4, 0.5) is 6.01 Å². The van der Waals surface area contributed by atoms with Crippen molar-refractivity contribution in [1.82, 2.24) is 10.1 Å². The first-order valence-corrected chi connectivity index (χ1v) is 6.39. The third-order valence-corrected chi connectivity index (χ3v) is 3.31. The van der Waals surface area contributed by atoms with Gasteiger partial charge in [0.2, 0.25) is 0 Å². The van der Waals surface area contributed by atoms with E-state index in [2.05, 4.69) is 15.5 Å². The Hall–Kier alpha value is -1.10. The highest BCUT2D eigenvalue weighted by Crippen LogP contribution is 2.28. The van der Waals surface area contributed by atoms with E-state index in [1.165, 1.54) is 6.42 Å². The summed E-state index contributed by atoms with van der Waals surface area (Å²) in [6.45, 7) is 4.53. The number of aliphatic hydroxyl groups is 1. The fourth-order valence-electron chi connectivity index (χ4n) is 2.17. The van der Waals surface area contributed by atoms with Crippen LogP contribution in [0.2, 0.25) is 0 Å². The molecule has 0 amide bonds. The first-order valence-electron chi connectivity index (χ1n) is 6.39. The first kappa shape index (κ1) is 12.4. The van der Waals surface area contributed by atoms with Crippen molar-refractivity contribution in [1.29, 1.82) is 0 Å². The van der Waals surface area contributed by atoms with Crippen LogP contribution in [-0.2, 0) is 0 Å². The molecule has 0 atom stereocenters. The average molecular weight is 239 g/mol. The zero-order valence-electron chi connectivity index (χ0n) is 10.6. The van der Waals surface area contributed by atoms with Gasteiger partial charge >= 0.3 is 6.01 Å². The van der Waals surface area contributed by atoms with Crippen LogP contribution in [-0.4, -0.2) is 27.4 Å². The molecule has 1 saturated carbocycles. The van der Waals surface area contributed by atoms with E-state index in [-0.39, 0.29) is 5.92 Å². The summed E-state index contributed by atoms with van der Waals surface area (Å²) >= 11 is 0. The van der Waals surface area contributed by atoms with E-state index in [0.717, 1.165) is 25.7 Å². The Bertz CT molecular complexity index is 356. The number of rotatable bonds is 4. The lowest BCUT2D eigenvalue weighted by atomic mass is 9.85. The molecular formula is C12H21N3O2. The second kappa shape index (κ2) is 5.04. The quantitative estimate of drug-likeness (QED) is 0.843. The Morgan fingerprint density at radius 1 is 1.35 bits per heavy atom. The number of anilines is 1. The van der Waals surface area contributed by atoms with Crippen molar-refractivity contribution in [2.45, 2.75) is 57.5 Å². The second-order valence-electron chi connectivity index (χ2n) is 5.25. The molecule has 1 aromatic heterocycles. The molecule has 17 heavy (non-hydrogen) atoms. The number of nitrogens with zero attached hydrogens (tertiary/aromatic N) is 2. The molecule has 1 aromatic rings. The number of hydrogen-bond acceptors (Lipinski definition) is 5. The fourth-order valence-corrected chi connectivity index (χ4v) is 2.17. The van der Waals surface area contributed by atoms with Gasteiger partial charge < -0.3 is 14.9 Å². The van der Waals surface area contributed by atoms with Crippen molar-refractivity contribution in [3.63, 3.8) is 0 Å². The maximum atomic E-state index is 10.3. The Balaban J connectivity index is 1.88. The summed E-state index contributed by atoms with van der Waals surface area (Å²) in [5.74, 6) is 0.954. The minimum atomic E-state index is -0.606. The Morgan fingerprint density at radius 3 is 2.65 bits per heavy atom. The van der Waals surface area contributed by atoms with E-state index in [0.29, 0.717) is 18.4 Å². The summed E-state index contributed by atoms with van der Waals surface area (Å²) in [7, 11) is 0. The molecular weight excluding hydrogens is 218 g/mol. The first-order chi connectivity index (χ1) is 8.09. The summed E-state index contributed by atoms with van der Waals surface area (Å²) < 4.78 is 5.08. The molecule has 1 aliphatic carbocycles. The van der Waals surface area contributed by atoms with Crippen molar-refractivity contribution >= 4 is 6.01 Å². The van der Waals surface area contributed by atoms with Gasteiger partial charge in [-0.15, -0.1) is 0 Å². The Labute approximate surface area is 102 Å². The minimum Gasteiger partial charge on any atom is -0.388 e. The van der Waals surface area contributed by atoms with Crippen LogP contribution in [0.1, 0.15) is 57.7 Å². The lowest BCUT2D eigenvalue weighted by Crippen LogP contribution is -2.38. The molecule has 0 saturated heterocycles. The maximum Gasteiger partial charge on any atom is 0.321 e. The summed E-state index contributed by atoms with van der Waals surface area (Å²) in [5.41, 5.74) is -0.606. The number of aromatic nitrogens is 2. The van der Waals surface area contributed by atoms with E-state index in [4.69, 9.17) is 4.52 Å². The highest BCUT2D eigenvalue weighted by molar-refractivity contribution is 5.20. The summed E-state index contributed by atoms with van der Waals surface area (Å²) in [6, 6.07) is 0.410. The lowest BCUT2D eigenvalue weighted by molar-refractivity contribution is 0.0162. The second-order valence-corrected chi connectivity index (χ2v) is 5.25. The van der Waals surface area contributed by atoms with E-state index in [9.17, 15) is 5.11 Å². The summed E-state index contributed by atoms with van der Waals surface area (Å²) in [4.78, 5) is 4.23. The average Bonchev–Trinajstić information content (AvgIpc) is 2.76. The van der Waals surface area contributed by atoms with Crippen molar-refractivity contribution < 1.29 is 9.63 Å². The van der Waals surface area contributed by atoms with Crippen molar-refractivity contribution in [3.8, 4) is 0 Å². The molecule has 0 aliphatic heterocycles. The molecule has 2 N–H and O–H groups in total. The third kappa shape index (κ3) is 3.19. The standard InChI is InChI=1S/C12H21N3O2/c1-9(2)10-14-11(17-15-10)13-8-12(16)6-4-3-5-7-12/h9,16H,3-8H2,1-2H3,(H,13,14,15). The molecule has 0 aromatic carbocycles. The molecule has 0 radical (unpaired) electrons. The van der Waals surface area contributed by atoms with Gasteiger partial charge in [-0.05, 0) is 12.8 Å². The van der Waals surface area contributed by atoms with Gasteiger partial charge in [-0.1, -0.05) is 38.3 Å². The van der Waals surface area contributed by atoms with Crippen LogP contribution in [0.5, 0.6) is 0 Å². The molecule has 5 nitrogen and oxygen atoms in total. The van der Waals surface area contributed by atoms with Gasteiger partial charge in [0, 0.05) is 12.5 Å². The molecule has 0 unspecified atom stereocenters. The number of hydrogen-bond donors (Lipinski definition) is 2. The Kier molecular flexibility index (Phi) is 3.66. The third-order valence-electron chi connectivity index (χ3n) is 3.31. The van der Waals surface area contributed by atoms with Crippen LogP contribution in [0.15, 0.2) is 4.52 Å². The molecule has 2 rings (SSSR count). The van der Waals surface area contributed by atoms with Crippen LogP contribution in [0, 0.1) is 0 Å². The lowest BCUT2D eigenvalue weighted by Gasteiger charge is -2.31. The highest BCUT2D eigenvalue weighted by Gasteiger charge is 2.29. The van der Waals surface area contributed by atoms with Crippen LogP contribution >= 0.6 is 0 Å². The topological polar surface area (TPSA) is 71.2 Å².